The van der Waals surface area contributed by atoms with Gasteiger partial charge in [0.25, 0.3) is 0 Å². The minimum absolute atomic E-state index is 0.427. The second-order valence-electron chi connectivity index (χ2n) is 9.01. The van der Waals surface area contributed by atoms with Crippen LogP contribution in [0.3, 0.4) is 0 Å². The summed E-state index contributed by atoms with van der Waals surface area (Å²) in [5.74, 6) is 0. The van der Waals surface area contributed by atoms with Crippen LogP contribution in [0.25, 0.3) is 0 Å². The van der Waals surface area contributed by atoms with Crippen molar-refractivity contribution in [3.63, 3.8) is 0 Å². The fourth-order valence-electron chi connectivity index (χ4n) is 5.47. The van der Waals surface area contributed by atoms with Gasteiger partial charge in [-0.05, 0) is 67.9 Å². The van der Waals surface area contributed by atoms with Gasteiger partial charge in [0.2, 0.25) is 0 Å². The van der Waals surface area contributed by atoms with Crippen molar-refractivity contribution in [3.8, 4) is 0 Å². The molecule has 160 valence electrons. The van der Waals surface area contributed by atoms with Crippen LogP contribution < -0.4 is 15.5 Å². The highest BCUT2D eigenvalue weighted by atomic mass is 15.2. The Hall–Kier alpha value is -2.94. The molecule has 2 atom stereocenters. The summed E-state index contributed by atoms with van der Waals surface area (Å²) in [7, 11) is 0. The summed E-state index contributed by atoms with van der Waals surface area (Å²) in [6, 6.07) is 29.5. The number of benzene rings is 3. The first kappa shape index (κ1) is 20.0. The van der Waals surface area contributed by atoms with E-state index in [1.165, 1.54) is 61.0 Å². The van der Waals surface area contributed by atoms with Gasteiger partial charge in [0.1, 0.15) is 0 Å². The van der Waals surface area contributed by atoms with Crippen molar-refractivity contribution in [2.45, 2.75) is 50.6 Å². The number of piperidine rings is 2. The van der Waals surface area contributed by atoms with Gasteiger partial charge in [0, 0.05) is 30.2 Å². The van der Waals surface area contributed by atoms with E-state index in [-0.39, 0.29) is 0 Å². The molecular formula is C28H33N3. The zero-order chi connectivity index (χ0) is 21.0. The summed E-state index contributed by atoms with van der Waals surface area (Å²) in [6.45, 7) is 2.18. The van der Waals surface area contributed by atoms with Gasteiger partial charge in [-0.15, -0.1) is 0 Å². The SMILES string of the molecule is Nc1cc(N2CCCCC2c2ccccc2)cc(N2CCCCC2c2ccccc2)c1. The van der Waals surface area contributed by atoms with E-state index in [4.69, 9.17) is 5.73 Å². The summed E-state index contributed by atoms with van der Waals surface area (Å²) >= 11 is 0. The molecule has 3 aromatic carbocycles. The lowest BCUT2D eigenvalue weighted by atomic mass is 9.93. The Morgan fingerprint density at radius 3 is 1.48 bits per heavy atom. The maximum Gasteiger partial charge on any atom is 0.0542 e. The van der Waals surface area contributed by atoms with Crippen LogP contribution in [0.4, 0.5) is 17.1 Å². The van der Waals surface area contributed by atoms with Crippen LogP contribution in [0.2, 0.25) is 0 Å². The van der Waals surface area contributed by atoms with Crippen LogP contribution in [-0.2, 0) is 0 Å². The quantitative estimate of drug-likeness (QED) is 0.483. The van der Waals surface area contributed by atoms with E-state index >= 15 is 0 Å². The number of anilines is 3. The fraction of sp³-hybridized carbons (Fsp3) is 0.357. The van der Waals surface area contributed by atoms with Crippen molar-refractivity contribution in [1.29, 1.82) is 0 Å². The second-order valence-corrected chi connectivity index (χ2v) is 9.01. The molecule has 2 saturated heterocycles. The molecule has 0 spiro atoms. The summed E-state index contributed by atoms with van der Waals surface area (Å²) in [5, 5.41) is 0. The molecule has 2 aliphatic heterocycles. The fourth-order valence-corrected chi connectivity index (χ4v) is 5.47. The third kappa shape index (κ3) is 4.27. The molecular weight excluding hydrogens is 378 g/mol. The van der Waals surface area contributed by atoms with E-state index in [0.29, 0.717) is 12.1 Å². The maximum atomic E-state index is 6.49. The van der Waals surface area contributed by atoms with Crippen molar-refractivity contribution < 1.29 is 0 Å². The van der Waals surface area contributed by atoms with Crippen LogP contribution in [0.1, 0.15) is 61.7 Å². The van der Waals surface area contributed by atoms with Gasteiger partial charge in [0.15, 0.2) is 0 Å². The highest BCUT2D eigenvalue weighted by molar-refractivity contribution is 5.69. The number of hydrogen-bond acceptors (Lipinski definition) is 3. The molecule has 3 nitrogen and oxygen atoms in total. The third-order valence-corrected chi connectivity index (χ3v) is 6.96. The van der Waals surface area contributed by atoms with E-state index in [1.807, 2.05) is 0 Å². The predicted octanol–water partition coefficient (Wildman–Crippen LogP) is 6.73. The van der Waals surface area contributed by atoms with Gasteiger partial charge in [-0.25, -0.2) is 0 Å². The first-order valence-electron chi connectivity index (χ1n) is 11.8. The highest BCUT2D eigenvalue weighted by Crippen LogP contribution is 2.40. The Morgan fingerprint density at radius 1 is 0.581 bits per heavy atom. The summed E-state index contributed by atoms with van der Waals surface area (Å²) < 4.78 is 0. The molecule has 3 heteroatoms. The molecule has 2 unspecified atom stereocenters. The van der Waals surface area contributed by atoms with Crippen LogP contribution in [-0.4, -0.2) is 13.1 Å². The number of rotatable bonds is 4. The lowest BCUT2D eigenvalue weighted by Crippen LogP contribution is -2.35. The van der Waals surface area contributed by atoms with Crippen LogP contribution in [0.15, 0.2) is 78.9 Å². The Bertz CT molecular complexity index is 908. The molecule has 2 aliphatic rings. The van der Waals surface area contributed by atoms with Gasteiger partial charge in [0.05, 0.1) is 12.1 Å². The smallest absolute Gasteiger partial charge is 0.0542 e. The highest BCUT2D eigenvalue weighted by Gasteiger charge is 2.27. The lowest BCUT2D eigenvalue weighted by molar-refractivity contribution is 0.469. The molecule has 0 aromatic heterocycles. The number of nitrogens with zero attached hydrogens (tertiary/aromatic N) is 2. The van der Waals surface area contributed by atoms with Crippen molar-refractivity contribution in [2.24, 2.45) is 0 Å². The third-order valence-electron chi connectivity index (χ3n) is 6.96. The molecule has 5 rings (SSSR count). The van der Waals surface area contributed by atoms with E-state index in [0.717, 1.165) is 18.8 Å². The molecule has 0 amide bonds. The second kappa shape index (κ2) is 9.05. The van der Waals surface area contributed by atoms with E-state index in [2.05, 4.69) is 88.7 Å². The largest absolute Gasteiger partial charge is 0.399 e. The molecule has 0 bridgehead atoms. The van der Waals surface area contributed by atoms with E-state index in [9.17, 15) is 0 Å². The molecule has 2 N–H and O–H groups in total. The summed E-state index contributed by atoms with van der Waals surface area (Å²) in [6.07, 6.45) is 7.45. The van der Waals surface area contributed by atoms with E-state index < -0.39 is 0 Å². The molecule has 2 fully saturated rings. The number of nitrogens with two attached hydrogens (primary N) is 1. The zero-order valence-corrected chi connectivity index (χ0v) is 18.3. The first-order valence-corrected chi connectivity index (χ1v) is 11.8. The molecule has 31 heavy (non-hydrogen) atoms. The molecule has 3 aromatic rings. The van der Waals surface area contributed by atoms with Gasteiger partial charge >= 0.3 is 0 Å². The minimum atomic E-state index is 0.427. The predicted molar refractivity (Wildman–Crippen MR) is 132 cm³/mol. The summed E-state index contributed by atoms with van der Waals surface area (Å²) in [5.41, 5.74) is 12.7. The molecule has 2 heterocycles. The minimum Gasteiger partial charge on any atom is -0.399 e. The average Bonchev–Trinajstić information content (AvgIpc) is 2.85. The lowest BCUT2D eigenvalue weighted by Gasteiger charge is -2.41. The molecule has 0 aliphatic carbocycles. The normalized spacial score (nSPS) is 21.8. The van der Waals surface area contributed by atoms with Crippen molar-refractivity contribution in [3.05, 3.63) is 90.0 Å². The first-order chi connectivity index (χ1) is 15.3. The Kier molecular flexibility index (Phi) is 5.84. The topological polar surface area (TPSA) is 32.5 Å². The van der Waals surface area contributed by atoms with Gasteiger partial charge in [-0.3, -0.25) is 0 Å². The maximum absolute atomic E-state index is 6.49. The van der Waals surface area contributed by atoms with Crippen LogP contribution in [0, 0.1) is 0 Å². The standard InChI is InChI=1S/C28H33N3/c29-24-19-25(30-17-9-7-15-27(30)22-11-3-1-4-12-22)21-26(20-24)31-18-10-8-16-28(31)23-13-5-2-6-14-23/h1-6,11-14,19-21,27-28H,7-10,15-18,29H2. The van der Waals surface area contributed by atoms with Crippen LogP contribution >= 0.6 is 0 Å². The Morgan fingerprint density at radius 2 is 1.03 bits per heavy atom. The van der Waals surface area contributed by atoms with Gasteiger partial charge in [-0.2, -0.15) is 0 Å². The molecule has 0 saturated carbocycles. The zero-order valence-electron chi connectivity index (χ0n) is 18.3. The Balaban J connectivity index is 1.49. The average molecular weight is 412 g/mol. The van der Waals surface area contributed by atoms with Crippen molar-refractivity contribution >= 4 is 17.1 Å². The van der Waals surface area contributed by atoms with Gasteiger partial charge < -0.3 is 15.5 Å². The monoisotopic (exact) mass is 411 g/mol. The van der Waals surface area contributed by atoms with Crippen molar-refractivity contribution in [1.82, 2.24) is 0 Å². The number of nitrogen functional groups attached to an aromatic ring is 1. The van der Waals surface area contributed by atoms with Gasteiger partial charge in [-0.1, -0.05) is 60.7 Å². The summed E-state index contributed by atoms with van der Waals surface area (Å²) in [4.78, 5) is 5.17. The number of hydrogen-bond donors (Lipinski definition) is 1. The van der Waals surface area contributed by atoms with E-state index in [1.54, 1.807) is 0 Å². The molecule has 0 radical (unpaired) electrons. The van der Waals surface area contributed by atoms with Crippen molar-refractivity contribution in [2.75, 3.05) is 28.6 Å². The Labute approximate surface area is 186 Å². The van der Waals surface area contributed by atoms with Crippen LogP contribution in [0.5, 0.6) is 0 Å².